The van der Waals surface area contributed by atoms with Crippen LogP contribution in [0.2, 0.25) is 0 Å². The largest absolute Gasteiger partial charge is 0.480 e. The van der Waals surface area contributed by atoms with Crippen LogP contribution in [0.3, 0.4) is 0 Å². The predicted molar refractivity (Wildman–Crippen MR) is 129 cm³/mol. The number of carboxylic acid groups (broad SMARTS) is 1. The number of aliphatic carboxylic acids is 1. The van der Waals surface area contributed by atoms with Crippen LogP contribution < -0.4 is 10.5 Å². The number of thiocarbonyl (C=S) groups is 1. The number of aromatic nitrogens is 2. The van der Waals surface area contributed by atoms with Gasteiger partial charge in [-0.2, -0.15) is 0 Å². The molecule has 0 aromatic carbocycles. The molecular weight excluding hydrogens is 448 g/mol. The van der Waals surface area contributed by atoms with Crippen molar-refractivity contribution in [1.82, 2.24) is 14.3 Å². The highest BCUT2D eigenvalue weighted by Gasteiger charge is 2.34. The first-order valence-corrected chi connectivity index (χ1v) is 11.6. The number of hydrogen-bond donors (Lipinski definition) is 1. The van der Waals surface area contributed by atoms with E-state index in [2.05, 4.69) is 18.7 Å². The summed E-state index contributed by atoms with van der Waals surface area (Å²) in [7, 11) is 0. The molecule has 168 valence electrons. The van der Waals surface area contributed by atoms with Crippen LogP contribution in [0.5, 0.6) is 0 Å². The zero-order chi connectivity index (χ0) is 23.2. The summed E-state index contributed by atoms with van der Waals surface area (Å²) >= 11 is 6.20. The fourth-order valence-corrected chi connectivity index (χ4v) is 5.59. The van der Waals surface area contributed by atoms with E-state index in [4.69, 9.17) is 22.3 Å². The normalized spacial score (nSPS) is 22.9. The second-order valence-corrected chi connectivity index (χ2v) is 10.3. The molecule has 32 heavy (non-hydrogen) atoms. The molecule has 0 radical (unpaired) electrons. The number of carbonyl (C=O) groups is 2. The summed E-state index contributed by atoms with van der Waals surface area (Å²) in [6, 6.07) is 3.72. The van der Waals surface area contributed by atoms with Crippen LogP contribution in [0.1, 0.15) is 31.4 Å². The van der Waals surface area contributed by atoms with Gasteiger partial charge in [-0.25, -0.2) is 4.98 Å². The maximum absolute atomic E-state index is 13.5. The van der Waals surface area contributed by atoms with Gasteiger partial charge in [-0.3, -0.25) is 23.7 Å². The Kier molecular flexibility index (Phi) is 6.09. The average molecular weight is 473 g/mol. The van der Waals surface area contributed by atoms with Crippen LogP contribution >= 0.6 is 24.0 Å². The lowest BCUT2D eigenvalue weighted by atomic mass is 9.91. The number of nitrogens with zero attached hydrogens (tertiary/aromatic N) is 4. The maximum atomic E-state index is 13.5. The van der Waals surface area contributed by atoms with Gasteiger partial charge in [0.1, 0.15) is 22.3 Å². The summed E-state index contributed by atoms with van der Waals surface area (Å²) in [5.74, 6) is -0.233. The van der Waals surface area contributed by atoms with Crippen molar-refractivity contribution < 1.29 is 14.7 Å². The van der Waals surface area contributed by atoms with E-state index in [9.17, 15) is 14.4 Å². The van der Waals surface area contributed by atoms with E-state index in [1.54, 1.807) is 6.20 Å². The van der Waals surface area contributed by atoms with Gasteiger partial charge < -0.3 is 10.0 Å². The Labute approximate surface area is 194 Å². The molecule has 4 rings (SSSR count). The summed E-state index contributed by atoms with van der Waals surface area (Å²) in [5, 5.41) is 9.09. The fraction of sp³-hybridized carbons (Fsp3) is 0.409. The number of carboxylic acids is 1. The fourth-order valence-electron chi connectivity index (χ4n) is 4.35. The van der Waals surface area contributed by atoms with Gasteiger partial charge in [-0.1, -0.05) is 43.9 Å². The molecule has 10 heteroatoms. The lowest BCUT2D eigenvalue weighted by molar-refractivity contribution is -0.140. The first kappa shape index (κ1) is 22.5. The van der Waals surface area contributed by atoms with Gasteiger partial charge in [0.15, 0.2) is 0 Å². The van der Waals surface area contributed by atoms with E-state index in [-0.39, 0.29) is 14.8 Å². The van der Waals surface area contributed by atoms with Gasteiger partial charge >= 0.3 is 5.97 Å². The van der Waals surface area contributed by atoms with Gasteiger partial charge in [0, 0.05) is 19.3 Å². The number of amides is 1. The first-order chi connectivity index (χ1) is 15.1. The van der Waals surface area contributed by atoms with Crippen molar-refractivity contribution in [2.24, 2.45) is 11.8 Å². The van der Waals surface area contributed by atoms with Crippen LogP contribution in [0, 0.1) is 18.8 Å². The Morgan fingerprint density at radius 2 is 1.97 bits per heavy atom. The number of aryl methyl sites for hydroxylation is 1. The Hall–Kier alpha value is -2.72. The second-order valence-electron chi connectivity index (χ2n) is 8.60. The third-order valence-corrected chi connectivity index (χ3v) is 6.97. The highest BCUT2D eigenvalue weighted by atomic mass is 32.2. The van der Waals surface area contributed by atoms with E-state index >= 15 is 0 Å². The van der Waals surface area contributed by atoms with Crippen LogP contribution in [0.15, 0.2) is 28.0 Å². The van der Waals surface area contributed by atoms with Crippen LogP contribution in [-0.4, -0.2) is 55.2 Å². The minimum atomic E-state index is -1.15. The van der Waals surface area contributed by atoms with E-state index in [1.165, 1.54) is 10.5 Å². The number of pyridine rings is 1. The Bertz CT molecular complexity index is 1210. The minimum Gasteiger partial charge on any atom is -0.480 e. The molecule has 0 spiro atoms. The number of rotatable bonds is 4. The number of thioether (sulfide) groups is 1. The molecule has 4 heterocycles. The topological polar surface area (TPSA) is 95.2 Å². The van der Waals surface area contributed by atoms with Crippen molar-refractivity contribution in [2.75, 3.05) is 24.5 Å². The minimum absolute atomic E-state index is 0.162. The molecule has 0 saturated carbocycles. The molecule has 2 aromatic rings. The predicted octanol–water partition coefficient (Wildman–Crippen LogP) is 2.77. The summed E-state index contributed by atoms with van der Waals surface area (Å²) in [4.78, 5) is 45.6. The monoisotopic (exact) mass is 472 g/mol. The number of carbonyl (C=O) groups excluding carboxylic acids is 1. The SMILES string of the molecule is Cc1ccc2nc(N3C[C@@H](C)C[C@H](C)C3)c(/C=C3\SC(=S)N(CC(=O)O)C3=O)c(=O)n2c1. The molecule has 2 aliphatic heterocycles. The van der Waals surface area contributed by atoms with Gasteiger partial charge in [-0.05, 0) is 42.9 Å². The Balaban J connectivity index is 1.87. The number of hydrogen-bond acceptors (Lipinski definition) is 7. The van der Waals surface area contributed by atoms with E-state index in [1.807, 2.05) is 19.1 Å². The van der Waals surface area contributed by atoms with Gasteiger partial charge in [0.25, 0.3) is 11.5 Å². The molecule has 1 amide bonds. The Morgan fingerprint density at radius 3 is 2.62 bits per heavy atom. The van der Waals surface area contributed by atoms with Crippen molar-refractivity contribution in [3.63, 3.8) is 0 Å². The van der Waals surface area contributed by atoms with Crippen LogP contribution in [0.25, 0.3) is 11.7 Å². The molecule has 1 N–H and O–H groups in total. The molecule has 2 atom stereocenters. The van der Waals surface area contributed by atoms with Crippen molar-refractivity contribution in [3.05, 3.63) is 44.7 Å². The van der Waals surface area contributed by atoms with Crippen molar-refractivity contribution in [2.45, 2.75) is 27.2 Å². The van der Waals surface area contributed by atoms with Crippen molar-refractivity contribution >= 4 is 57.7 Å². The highest BCUT2D eigenvalue weighted by Crippen LogP contribution is 2.34. The first-order valence-electron chi connectivity index (χ1n) is 10.4. The van der Waals surface area contributed by atoms with E-state index in [0.717, 1.165) is 41.7 Å². The summed E-state index contributed by atoms with van der Waals surface area (Å²) in [6.07, 6.45) is 4.35. The molecule has 2 aliphatic rings. The average Bonchev–Trinajstić information content (AvgIpc) is 2.96. The highest BCUT2D eigenvalue weighted by molar-refractivity contribution is 8.26. The second kappa shape index (κ2) is 8.67. The molecule has 0 aliphatic carbocycles. The molecule has 2 fully saturated rings. The maximum Gasteiger partial charge on any atom is 0.323 e. The van der Waals surface area contributed by atoms with Gasteiger partial charge in [0.2, 0.25) is 0 Å². The zero-order valence-corrected chi connectivity index (χ0v) is 19.7. The smallest absolute Gasteiger partial charge is 0.323 e. The number of fused-ring (bicyclic) bond motifs is 1. The summed E-state index contributed by atoms with van der Waals surface area (Å²) < 4.78 is 1.65. The van der Waals surface area contributed by atoms with Crippen molar-refractivity contribution in [3.8, 4) is 0 Å². The molecule has 0 bridgehead atoms. The third kappa shape index (κ3) is 4.29. The molecular formula is C22H24N4O4S2. The molecule has 2 aromatic heterocycles. The quantitative estimate of drug-likeness (QED) is 0.536. The lowest BCUT2D eigenvalue weighted by Gasteiger charge is -2.36. The van der Waals surface area contributed by atoms with E-state index in [0.29, 0.717) is 28.9 Å². The number of anilines is 1. The molecule has 8 nitrogen and oxygen atoms in total. The Morgan fingerprint density at radius 1 is 1.28 bits per heavy atom. The summed E-state index contributed by atoms with van der Waals surface area (Å²) in [5.41, 5.74) is 1.48. The van der Waals surface area contributed by atoms with Crippen molar-refractivity contribution in [1.29, 1.82) is 0 Å². The van der Waals surface area contributed by atoms with E-state index < -0.39 is 18.4 Å². The number of piperidine rings is 1. The van der Waals surface area contributed by atoms with Crippen LogP contribution in [0.4, 0.5) is 5.82 Å². The standard InChI is InChI=1S/C22H24N4O4S2/c1-12-4-5-17-23-19(24-8-13(2)6-14(3)9-24)15(20(29)25(17)10-12)7-16-21(30)26(11-18(27)28)22(31)32-16/h4-5,7,10,13-14H,6,8-9,11H2,1-3H3,(H,27,28)/b16-7-/t13-,14-/m0/s1. The zero-order valence-electron chi connectivity index (χ0n) is 18.1. The van der Waals surface area contributed by atoms with Gasteiger partial charge in [0.05, 0.1) is 10.5 Å². The van der Waals surface area contributed by atoms with Crippen LogP contribution in [-0.2, 0) is 9.59 Å². The molecule has 2 saturated heterocycles. The third-order valence-electron chi connectivity index (χ3n) is 5.60. The molecule has 0 unspecified atom stereocenters. The van der Waals surface area contributed by atoms with Gasteiger partial charge in [-0.15, -0.1) is 0 Å². The lowest BCUT2D eigenvalue weighted by Crippen LogP contribution is -2.40. The summed E-state index contributed by atoms with van der Waals surface area (Å²) in [6.45, 7) is 7.27.